The van der Waals surface area contributed by atoms with E-state index in [0.717, 1.165) is 28.2 Å². The van der Waals surface area contributed by atoms with E-state index in [-0.39, 0.29) is 31.7 Å². The first-order valence-electron chi connectivity index (χ1n) is 17.7. The summed E-state index contributed by atoms with van der Waals surface area (Å²) in [4.78, 5) is 0. The summed E-state index contributed by atoms with van der Waals surface area (Å²) >= 11 is 0. The Kier molecular flexibility index (Phi) is 16.4. The summed E-state index contributed by atoms with van der Waals surface area (Å²) < 4.78 is 52.6. The Morgan fingerprint density at radius 2 is 1.38 bits per heavy atom. The molecule has 0 aliphatic carbocycles. The van der Waals surface area contributed by atoms with Gasteiger partial charge in [-0.15, -0.1) is 12.3 Å². The lowest BCUT2D eigenvalue weighted by Gasteiger charge is -2.38. The summed E-state index contributed by atoms with van der Waals surface area (Å²) in [6, 6.07) is 28.2. The molecular weight excluding hydrogens is 679 g/mol. The maximum Gasteiger partial charge on any atom is 0.259 e. The Morgan fingerprint density at radius 3 is 1.88 bits per heavy atom. The zero-order chi connectivity index (χ0) is 37.5. The van der Waals surface area contributed by atoms with Crippen LogP contribution in [0.1, 0.15) is 63.6 Å². The second-order valence-corrected chi connectivity index (χ2v) is 14.3. The van der Waals surface area contributed by atoms with E-state index in [1.807, 2.05) is 66.7 Å². The SMILES string of the molecule is C#CCCCO[C@@H]1[C@H](OP(OCCC#N)N(C(C)C)C(C)C)[C@@H](OC)O[C@H]1COC(c1ccccc1)(c1ccc(OC)cc1)c1ccc(OC)cc1. The average molecular weight is 733 g/mol. The molecule has 1 aliphatic rings. The van der Waals surface area contributed by atoms with Crippen LogP contribution in [0, 0.1) is 23.7 Å². The van der Waals surface area contributed by atoms with Crippen molar-refractivity contribution >= 4 is 8.53 Å². The minimum Gasteiger partial charge on any atom is -0.497 e. The molecule has 1 unspecified atom stereocenters. The third-order valence-corrected chi connectivity index (χ3v) is 10.9. The molecule has 5 atom stereocenters. The van der Waals surface area contributed by atoms with Crippen molar-refractivity contribution in [3.05, 3.63) is 95.6 Å². The molecule has 0 spiro atoms. The third-order valence-electron chi connectivity index (χ3n) is 8.79. The van der Waals surface area contributed by atoms with Gasteiger partial charge in [-0.1, -0.05) is 54.6 Å². The van der Waals surface area contributed by atoms with Crippen LogP contribution < -0.4 is 9.47 Å². The van der Waals surface area contributed by atoms with Gasteiger partial charge >= 0.3 is 0 Å². The molecule has 1 saturated heterocycles. The summed E-state index contributed by atoms with van der Waals surface area (Å²) in [7, 11) is 3.25. The molecule has 1 fully saturated rings. The van der Waals surface area contributed by atoms with Gasteiger partial charge in [-0.2, -0.15) is 5.26 Å². The second-order valence-electron chi connectivity index (χ2n) is 12.9. The number of hydrogen-bond donors (Lipinski definition) is 0. The topological polar surface area (TPSA) is 101 Å². The zero-order valence-electron chi connectivity index (χ0n) is 31.4. The lowest BCUT2D eigenvalue weighted by Crippen LogP contribution is -2.43. The smallest absolute Gasteiger partial charge is 0.259 e. The standard InChI is InChI=1S/C41H53N2O8P/c1-9-10-14-27-47-38-37(50-40(46-8)39(38)51-52(49-28-15-26-42)43(30(2)3)31(4)5)29-48-41(32-16-12-11-13-17-32,33-18-22-35(44-6)23-19-33)34-20-24-36(45-7)25-21-34/h1,11-13,16-25,30-31,37-40H,10,14-15,27-29H2,2-8H3/t37-,38-,39-,40-,52?/m0/s1. The molecule has 0 radical (unpaired) electrons. The molecule has 3 aromatic rings. The number of terminal acetylenes is 1. The number of rotatable bonds is 21. The average Bonchev–Trinajstić information content (AvgIpc) is 3.49. The second kappa shape index (κ2) is 20.6. The fourth-order valence-corrected chi connectivity index (χ4v) is 8.14. The van der Waals surface area contributed by atoms with E-state index in [0.29, 0.717) is 19.4 Å². The first-order valence-corrected chi connectivity index (χ1v) is 18.8. The van der Waals surface area contributed by atoms with Crippen LogP contribution >= 0.6 is 8.53 Å². The van der Waals surface area contributed by atoms with Crippen LogP contribution in [0.2, 0.25) is 0 Å². The first kappa shape index (κ1) is 41.2. The minimum absolute atomic E-state index is 0.103. The fourth-order valence-electron chi connectivity index (χ4n) is 6.40. The first-order chi connectivity index (χ1) is 25.2. The van der Waals surface area contributed by atoms with Gasteiger partial charge < -0.3 is 37.5 Å². The Morgan fingerprint density at radius 1 is 0.808 bits per heavy atom. The Bertz CT molecular complexity index is 1500. The van der Waals surface area contributed by atoms with Crippen molar-refractivity contribution in [1.82, 2.24) is 4.67 Å². The maximum absolute atomic E-state index is 9.26. The molecule has 52 heavy (non-hydrogen) atoms. The van der Waals surface area contributed by atoms with Crippen LogP contribution in [-0.4, -0.2) is 82.5 Å². The molecule has 1 heterocycles. The van der Waals surface area contributed by atoms with Crippen molar-refractivity contribution < 1.29 is 37.5 Å². The molecule has 0 amide bonds. The fraction of sp³-hybridized carbons (Fsp3) is 0.488. The summed E-state index contributed by atoms with van der Waals surface area (Å²) in [5.74, 6) is 4.15. The molecule has 1 aliphatic heterocycles. The summed E-state index contributed by atoms with van der Waals surface area (Å²) in [6.07, 6.45) is 4.37. The van der Waals surface area contributed by atoms with Crippen LogP contribution in [-0.2, 0) is 33.6 Å². The van der Waals surface area contributed by atoms with Crippen LogP contribution in [0.15, 0.2) is 78.9 Å². The lowest BCUT2D eigenvalue weighted by atomic mass is 9.80. The van der Waals surface area contributed by atoms with E-state index < -0.39 is 38.7 Å². The summed E-state index contributed by atoms with van der Waals surface area (Å²) in [6.45, 7) is 9.10. The van der Waals surface area contributed by atoms with Crippen molar-refractivity contribution in [2.75, 3.05) is 41.2 Å². The highest BCUT2D eigenvalue weighted by Gasteiger charge is 2.50. The summed E-state index contributed by atoms with van der Waals surface area (Å²) in [5, 5.41) is 9.26. The van der Waals surface area contributed by atoms with Gasteiger partial charge in [0.15, 0.2) is 6.29 Å². The number of methoxy groups -OCH3 is 3. The molecule has 0 aromatic heterocycles. The minimum atomic E-state index is -1.63. The van der Waals surface area contributed by atoms with E-state index in [1.54, 1.807) is 21.3 Å². The Balaban J connectivity index is 1.77. The Hall–Kier alpha value is -3.54. The molecule has 10 nitrogen and oxygen atoms in total. The quantitative estimate of drug-likeness (QED) is 0.0466. The predicted octanol–water partition coefficient (Wildman–Crippen LogP) is 7.84. The van der Waals surface area contributed by atoms with E-state index in [2.05, 4.69) is 56.5 Å². The molecule has 0 N–H and O–H groups in total. The number of hydrogen-bond acceptors (Lipinski definition) is 10. The van der Waals surface area contributed by atoms with Crippen LogP contribution in [0.5, 0.6) is 11.5 Å². The van der Waals surface area contributed by atoms with Gasteiger partial charge in [0.05, 0.1) is 39.9 Å². The van der Waals surface area contributed by atoms with E-state index in [4.69, 9.17) is 43.9 Å². The largest absolute Gasteiger partial charge is 0.497 e. The molecule has 0 bridgehead atoms. The maximum atomic E-state index is 9.26. The van der Waals surface area contributed by atoms with Gasteiger partial charge in [0.2, 0.25) is 0 Å². The normalized spacial score (nSPS) is 19.5. The van der Waals surface area contributed by atoms with E-state index >= 15 is 0 Å². The number of unbranched alkanes of at least 4 members (excludes halogenated alkanes) is 1. The van der Waals surface area contributed by atoms with Crippen molar-refractivity contribution in [1.29, 1.82) is 5.26 Å². The highest BCUT2D eigenvalue weighted by atomic mass is 31.2. The van der Waals surface area contributed by atoms with Gasteiger partial charge in [0.25, 0.3) is 8.53 Å². The third kappa shape index (κ3) is 10.1. The van der Waals surface area contributed by atoms with Crippen molar-refractivity contribution in [3.63, 3.8) is 0 Å². The van der Waals surface area contributed by atoms with Crippen LogP contribution in [0.25, 0.3) is 0 Å². The molecule has 0 saturated carbocycles. The van der Waals surface area contributed by atoms with Crippen molar-refractivity contribution in [2.45, 2.75) is 89.2 Å². The van der Waals surface area contributed by atoms with Crippen LogP contribution in [0.3, 0.4) is 0 Å². The Labute approximate surface area is 311 Å². The van der Waals surface area contributed by atoms with E-state index in [9.17, 15) is 5.26 Å². The number of nitriles is 1. The van der Waals surface area contributed by atoms with Gasteiger partial charge in [-0.3, -0.25) is 0 Å². The lowest BCUT2D eigenvalue weighted by molar-refractivity contribution is -0.160. The highest BCUT2D eigenvalue weighted by molar-refractivity contribution is 7.44. The molecule has 11 heteroatoms. The van der Waals surface area contributed by atoms with Gasteiger partial charge in [-0.05, 0) is 75.1 Å². The molecule has 280 valence electrons. The van der Waals surface area contributed by atoms with Gasteiger partial charge in [0, 0.05) is 32.2 Å². The monoisotopic (exact) mass is 732 g/mol. The molecule has 4 rings (SSSR count). The van der Waals surface area contributed by atoms with E-state index in [1.165, 1.54) is 0 Å². The predicted molar refractivity (Wildman–Crippen MR) is 202 cm³/mol. The number of ether oxygens (including phenoxy) is 6. The zero-order valence-corrected chi connectivity index (χ0v) is 32.3. The molecule has 3 aromatic carbocycles. The van der Waals surface area contributed by atoms with Crippen LogP contribution in [0.4, 0.5) is 0 Å². The number of benzene rings is 3. The summed E-state index contributed by atoms with van der Waals surface area (Å²) in [5.41, 5.74) is 1.64. The molecular formula is C41H53N2O8P. The highest BCUT2D eigenvalue weighted by Crippen LogP contribution is 2.50. The van der Waals surface area contributed by atoms with Crippen molar-refractivity contribution in [3.8, 4) is 29.9 Å². The van der Waals surface area contributed by atoms with Crippen molar-refractivity contribution in [2.24, 2.45) is 0 Å². The van der Waals surface area contributed by atoms with Gasteiger partial charge in [0.1, 0.15) is 35.4 Å². The van der Waals surface area contributed by atoms with Gasteiger partial charge in [-0.25, -0.2) is 4.67 Å². The number of nitrogens with zero attached hydrogens (tertiary/aromatic N) is 2.